The van der Waals surface area contributed by atoms with E-state index in [1.807, 2.05) is 47.1 Å². The minimum Gasteiger partial charge on any atom is -0.342 e. The van der Waals surface area contributed by atoms with Crippen molar-refractivity contribution in [1.82, 2.24) is 9.80 Å². The zero-order valence-corrected chi connectivity index (χ0v) is 16.2. The number of carbonyl (C=O) groups is 2. The smallest absolute Gasteiger partial charge is 0.253 e. The molecule has 2 amide bonds. The summed E-state index contributed by atoms with van der Waals surface area (Å²) in [4.78, 5) is 30.0. The molecule has 142 valence electrons. The monoisotopic (exact) mass is 357 g/mol. The second-order valence-corrected chi connectivity index (χ2v) is 8.87. The maximum atomic E-state index is 13.3. The van der Waals surface area contributed by atoms with Crippen molar-refractivity contribution in [2.75, 3.05) is 26.2 Å². The van der Waals surface area contributed by atoms with Gasteiger partial charge in [-0.2, -0.15) is 0 Å². The van der Waals surface area contributed by atoms with E-state index >= 15 is 0 Å². The summed E-state index contributed by atoms with van der Waals surface area (Å²) in [6.07, 6.45) is 2.52. The largest absolute Gasteiger partial charge is 0.342 e. The molecule has 2 N–H and O–H groups in total. The Morgan fingerprint density at radius 2 is 1.73 bits per heavy atom. The average molecular weight is 357 g/mol. The first-order valence-electron chi connectivity index (χ1n) is 9.62. The van der Waals surface area contributed by atoms with E-state index in [0.29, 0.717) is 31.7 Å². The van der Waals surface area contributed by atoms with E-state index in [0.717, 1.165) is 19.3 Å². The van der Waals surface area contributed by atoms with Gasteiger partial charge in [-0.05, 0) is 43.7 Å². The summed E-state index contributed by atoms with van der Waals surface area (Å²) in [5.41, 5.74) is 6.33. The van der Waals surface area contributed by atoms with Crippen molar-refractivity contribution in [3.8, 4) is 0 Å². The van der Waals surface area contributed by atoms with Gasteiger partial charge >= 0.3 is 0 Å². The summed E-state index contributed by atoms with van der Waals surface area (Å²) in [6.45, 7) is 8.88. The Morgan fingerprint density at radius 1 is 1.04 bits per heavy atom. The zero-order chi connectivity index (χ0) is 18.9. The van der Waals surface area contributed by atoms with Crippen molar-refractivity contribution >= 4 is 11.8 Å². The van der Waals surface area contributed by atoms with E-state index in [1.165, 1.54) is 0 Å². The molecule has 0 radical (unpaired) electrons. The SMILES string of the molecule is CC1(C(=O)N2CCC(N)C(C)(C)C2)CCCN(C(=O)c2ccccc2)C1. The van der Waals surface area contributed by atoms with E-state index in [2.05, 4.69) is 13.8 Å². The van der Waals surface area contributed by atoms with Crippen LogP contribution in [0.1, 0.15) is 50.4 Å². The Labute approximate surface area is 156 Å². The summed E-state index contributed by atoms with van der Waals surface area (Å²) in [7, 11) is 0. The fourth-order valence-corrected chi connectivity index (χ4v) is 4.28. The molecule has 0 spiro atoms. The molecular formula is C21H31N3O2. The predicted octanol–water partition coefficient (Wildman–Crippen LogP) is 2.51. The number of rotatable bonds is 2. The summed E-state index contributed by atoms with van der Waals surface area (Å²) in [5.74, 6) is 0.188. The zero-order valence-electron chi connectivity index (χ0n) is 16.2. The molecule has 0 bridgehead atoms. The number of carbonyl (C=O) groups excluding carboxylic acids is 2. The van der Waals surface area contributed by atoms with Gasteiger partial charge in [0, 0.05) is 37.8 Å². The van der Waals surface area contributed by atoms with E-state index < -0.39 is 5.41 Å². The molecule has 2 fully saturated rings. The molecule has 3 rings (SSSR count). The number of hydrogen-bond acceptors (Lipinski definition) is 3. The van der Waals surface area contributed by atoms with Crippen LogP contribution in [0.2, 0.25) is 0 Å². The Morgan fingerprint density at radius 3 is 2.38 bits per heavy atom. The highest BCUT2D eigenvalue weighted by Gasteiger charge is 2.44. The topological polar surface area (TPSA) is 66.6 Å². The Hall–Kier alpha value is -1.88. The summed E-state index contributed by atoms with van der Waals surface area (Å²) in [5, 5.41) is 0. The van der Waals surface area contributed by atoms with Crippen LogP contribution in [-0.2, 0) is 4.79 Å². The van der Waals surface area contributed by atoms with Crippen molar-refractivity contribution in [3.63, 3.8) is 0 Å². The van der Waals surface area contributed by atoms with Crippen molar-refractivity contribution in [2.45, 2.75) is 46.1 Å². The summed E-state index contributed by atoms with van der Waals surface area (Å²) in [6, 6.07) is 9.46. The standard InChI is InChI=1S/C21H31N3O2/c1-20(2)14-24(13-10-17(20)22)19(26)21(3)11-7-12-23(15-21)18(25)16-8-5-4-6-9-16/h4-6,8-9,17H,7,10-15,22H2,1-3H3. The molecular weight excluding hydrogens is 326 g/mol. The van der Waals surface area contributed by atoms with Crippen LogP contribution in [0.4, 0.5) is 0 Å². The quantitative estimate of drug-likeness (QED) is 0.884. The van der Waals surface area contributed by atoms with Crippen molar-refractivity contribution in [2.24, 2.45) is 16.6 Å². The van der Waals surface area contributed by atoms with Gasteiger partial charge in [0.25, 0.3) is 5.91 Å². The molecule has 1 aromatic rings. The Kier molecular flexibility index (Phi) is 5.11. The number of nitrogens with two attached hydrogens (primary N) is 1. The number of hydrogen-bond donors (Lipinski definition) is 1. The number of amides is 2. The van der Waals surface area contributed by atoms with E-state index in [1.54, 1.807) is 0 Å². The maximum absolute atomic E-state index is 13.3. The van der Waals surface area contributed by atoms with Crippen LogP contribution in [0.3, 0.4) is 0 Å². The van der Waals surface area contributed by atoms with Crippen molar-refractivity contribution < 1.29 is 9.59 Å². The molecule has 5 heteroatoms. The second kappa shape index (κ2) is 7.03. The lowest BCUT2D eigenvalue weighted by molar-refractivity contribution is -0.147. The molecule has 2 aliphatic heterocycles. The van der Waals surface area contributed by atoms with Crippen LogP contribution in [-0.4, -0.2) is 53.8 Å². The molecule has 2 unspecified atom stereocenters. The number of likely N-dealkylation sites (tertiary alicyclic amines) is 2. The first-order chi connectivity index (χ1) is 12.2. The number of benzene rings is 1. The minimum absolute atomic E-state index is 0.0188. The molecule has 5 nitrogen and oxygen atoms in total. The third-order valence-corrected chi connectivity index (χ3v) is 6.12. The highest BCUT2D eigenvalue weighted by Crippen LogP contribution is 2.36. The molecule has 0 aliphatic carbocycles. The third kappa shape index (κ3) is 3.63. The van der Waals surface area contributed by atoms with Gasteiger partial charge < -0.3 is 15.5 Å². The van der Waals surface area contributed by atoms with E-state index in [-0.39, 0.29) is 23.3 Å². The average Bonchev–Trinajstić information content (AvgIpc) is 2.63. The molecule has 2 aliphatic rings. The predicted molar refractivity (Wildman–Crippen MR) is 103 cm³/mol. The lowest BCUT2D eigenvalue weighted by atomic mass is 9.76. The van der Waals surface area contributed by atoms with Crippen molar-refractivity contribution in [1.29, 1.82) is 0 Å². The number of piperidine rings is 2. The van der Waals surface area contributed by atoms with Gasteiger partial charge in [-0.3, -0.25) is 9.59 Å². The molecule has 2 saturated heterocycles. The van der Waals surface area contributed by atoms with Crippen LogP contribution in [0.25, 0.3) is 0 Å². The normalized spacial score (nSPS) is 28.7. The highest BCUT2D eigenvalue weighted by atomic mass is 16.2. The lowest BCUT2D eigenvalue weighted by Gasteiger charge is -2.47. The summed E-state index contributed by atoms with van der Waals surface area (Å²) < 4.78 is 0. The number of nitrogens with zero attached hydrogens (tertiary/aromatic N) is 2. The maximum Gasteiger partial charge on any atom is 0.253 e. The first-order valence-corrected chi connectivity index (χ1v) is 9.62. The Balaban J connectivity index is 1.73. The summed E-state index contributed by atoms with van der Waals surface area (Å²) >= 11 is 0. The third-order valence-electron chi connectivity index (χ3n) is 6.12. The van der Waals surface area contributed by atoms with E-state index in [4.69, 9.17) is 5.73 Å². The van der Waals surface area contributed by atoms with Crippen LogP contribution < -0.4 is 5.73 Å². The minimum atomic E-state index is -0.514. The molecule has 0 saturated carbocycles. The molecule has 1 aromatic carbocycles. The molecule has 26 heavy (non-hydrogen) atoms. The van der Waals surface area contributed by atoms with Gasteiger partial charge in [-0.15, -0.1) is 0 Å². The highest BCUT2D eigenvalue weighted by molar-refractivity contribution is 5.95. The van der Waals surface area contributed by atoms with Crippen LogP contribution >= 0.6 is 0 Å². The van der Waals surface area contributed by atoms with Gasteiger partial charge in [0.1, 0.15) is 0 Å². The van der Waals surface area contributed by atoms with Crippen LogP contribution in [0.5, 0.6) is 0 Å². The Bertz CT molecular complexity index is 673. The van der Waals surface area contributed by atoms with Crippen LogP contribution in [0.15, 0.2) is 30.3 Å². The van der Waals surface area contributed by atoms with Gasteiger partial charge in [0.2, 0.25) is 5.91 Å². The molecule has 2 heterocycles. The molecule has 0 aromatic heterocycles. The lowest BCUT2D eigenvalue weighted by Crippen LogP contribution is -2.59. The van der Waals surface area contributed by atoms with Crippen LogP contribution in [0, 0.1) is 10.8 Å². The van der Waals surface area contributed by atoms with E-state index in [9.17, 15) is 9.59 Å². The molecule has 2 atom stereocenters. The fraction of sp³-hybridized carbons (Fsp3) is 0.619. The van der Waals surface area contributed by atoms with Gasteiger partial charge in [0.05, 0.1) is 5.41 Å². The van der Waals surface area contributed by atoms with Gasteiger partial charge in [0.15, 0.2) is 0 Å². The fourth-order valence-electron chi connectivity index (χ4n) is 4.28. The van der Waals surface area contributed by atoms with Gasteiger partial charge in [-0.1, -0.05) is 32.0 Å². The van der Waals surface area contributed by atoms with Crippen molar-refractivity contribution in [3.05, 3.63) is 35.9 Å². The second-order valence-electron chi connectivity index (χ2n) is 8.87. The van der Waals surface area contributed by atoms with Gasteiger partial charge in [-0.25, -0.2) is 0 Å². The first kappa shape index (κ1) is 18.9.